The maximum atomic E-state index is 12.4. The summed E-state index contributed by atoms with van der Waals surface area (Å²) in [6, 6.07) is 15.0. The summed E-state index contributed by atoms with van der Waals surface area (Å²) in [6.45, 7) is 0. The average Bonchev–Trinajstić information content (AvgIpc) is 2.46. The minimum absolute atomic E-state index is 0.171. The van der Waals surface area contributed by atoms with Gasteiger partial charge in [0, 0.05) is 26.1 Å². The lowest BCUT2D eigenvalue weighted by Gasteiger charge is -2.08. The lowest BCUT2D eigenvalue weighted by Crippen LogP contribution is -2.12. The summed E-state index contributed by atoms with van der Waals surface area (Å²) in [4.78, 5) is 16.7. The zero-order chi connectivity index (χ0) is 14.8. The highest BCUT2D eigenvalue weighted by Crippen LogP contribution is 2.23. The number of rotatable bonds is 2. The van der Waals surface area contributed by atoms with Crippen molar-refractivity contribution >= 4 is 54.4 Å². The number of aromatic nitrogens is 1. The van der Waals surface area contributed by atoms with Crippen LogP contribution in [0, 0.1) is 0 Å². The van der Waals surface area contributed by atoms with E-state index in [-0.39, 0.29) is 5.91 Å². The lowest BCUT2D eigenvalue weighted by atomic mass is 10.1. The van der Waals surface area contributed by atoms with Crippen LogP contribution >= 0.6 is 31.9 Å². The largest absolute Gasteiger partial charge is 0.320 e. The molecule has 0 saturated carbocycles. The van der Waals surface area contributed by atoms with Gasteiger partial charge in [0.1, 0.15) is 0 Å². The predicted octanol–water partition coefficient (Wildman–Crippen LogP) is 5.01. The van der Waals surface area contributed by atoms with E-state index in [2.05, 4.69) is 42.2 Å². The molecule has 1 amide bonds. The molecule has 0 fully saturated rings. The molecule has 3 rings (SSSR count). The summed E-state index contributed by atoms with van der Waals surface area (Å²) < 4.78 is 1.69. The molecule has 0 atom stereocenters. The molecule has 0 unspecified atom stereocenters. The summed E-state index contributed by atoms with van der Waals surface area (Å²) >= 11 is 6.77. The van der Waals surface area contributed by atoms with Crippen LogP contribution in [0.5, 0.6) is 0 Å². The summed E-state index contributed by atoms with van der Waals surface area (Å²) in [5.74, 6) is -0.171. The highest BCUT2D eigenvalue weighted by atomic mass is 79.9. The van der Waals surface area contributed by atoms with E-state index >= 15 is 0 Å². The van der Waals surface area contributed by atoms with E-state index in [0.29, 0.717) is 11.3 Å². The highest BCUT2D eigenvalue weighted by Gasteiger charge is 2.10. The Morgan fingerprint density at radius 2 is 1.71 bits per heavy atom. The number of para-hydroxylation sites is 1. The molecule has 3 aromatic rings. The first-order valence-electron chi connectivity index (χ1n) is 6.25. The van der Waals surface area contributed by atoms with Gasteiger partial charge in [-0.05, 0) is 30.3 Å². The number of anilines is 1. The van der Waals surface area contributed by atoms with Crippen LogP contribution in [-0.2, 0) is 0 Å². The monoisotopic (exact) mass is 404 g/mol. The second-order valence-corrected chi connectivity index (χ2v) is 6.32. The number of carbonyl (C=O) groups is 1. The van der Waals surface area contributed by atoms with Crippen LogP contribution in [0.3, 0.4) is 0 Å². The van der Waals surface area contributed by atoms with Crippen LogP contribution in [0.1, 0.15) is 10.4 Å². The van der Waals surface area contributed by atoms with Gasteiger partial charge in [-0.25, -0.2) is 0 Å². The van der Waals surface area contributed by atoms with Crippen molar-refractivity contribution in [3.05, 3.63) is 69.2 Å². The number of benzene rings is 2. The first-order valence-corrected chi connectivity index (χ1v) is 7.83. The summed E-state index contributed by atoms with van der Waals surface area (Å²) in [5.41, 5.74) is 2.06. The Morgan fingerprint density at radius 1 is 1.00 bits per heavy atom. The molecule has 0 radical (unpaired) electrons. The molecule has 2 aromatic carbocycles. The Balaban J connectivity index is 1.96. The molecule has 1 N–H and O–H groups in total. The van der Waals surface area contributed by atoms with Gasteiger partial charge >= 0.3 is 0 Å². The number of hydrogen-bond acceptors (Lipinski definition) is 2. The fraction of sp³-hybridized carbons (Fsp3) is 0. The Labute approximate surface area is 138 Å². The normalized spacial score (nSPS) is 10.6. The SMILES string of the molecule is O=C(Nc1cccc2cccnc12)c1cc(Br)cc(Br)c1. The van der Waals surface area contributed by atoms with Crippen LogP contribution in [0.25, 0.3) is 10.9 Å². The van der Waals surface area contributed by atoms with Gasteiger partial charge in [0.05, 0.1) is 11.2 Å². The lowest BCUT2D eigenvalue weighted by molar-refractivity contribution is 0.102. The predicted molar refractivity (Wildman–Crippen MR) is 91.5 cm³/mol. The third kappa shape index (κ3) is 3.14. The van der Waals surface area contributed by atoms with Gasteiger partial charge in [0.2, 0.25) is 0 Å². The van der Waals surface area contributed by atoms with Gasteiger partial charge in [-0.2, -0.15) is 0 Å². The number of pyridine rings is 1. The zero-order valence-corrected chi connectivity index (χ0v) is 14.0. The Hall–Kier alpha value is -1.72. The highest BCUT2D eigenvalue weighted by molar-refractivity contribution is 9.11. The van der Waals surface area contributed by atoms with Gasteiger partial charge in [-0.3, -0.25) is 9.78 Å². The van der Waals surface area contributed by atoms with Crippen molar-refractivity contribution in [2.45, 2.75) is 0 Å². The first-order chi connectivity index (χ1) is 10.1. The topological polar surface area (TPSA) is 42.0 Å². The van der Waals surface area contributed by atoms with Crippen LogP contribution in [0.2, 0.25) is 0 Å². The fourth-order valence-corrected chi connectivity index (χ4v) is 3.38. The molecule has 0 aliphatic carbocycles. The number of nitrogens with zero attached hydrogens (tertiary/aromatic N) is 1. The Bertz CT molecular complexity index is 808. The standard InChI is InChI=1S/C16H10Br2N2O/c17-12-7-11(8-13(18)9-12)16(21)20-14-5-1-3-10-4-2-6-19-15(10)14/h1-9H,(H,20,21). The van der Waals surface area contributed by atoms with Crippen LogP contribution in [-0.4, -0.2) is 10.9 Å². The second kappa shape index (κ2) is 5.95. The van der Waals surface area contributed by atoms with E-state index in [1.54, 1.807) is 18.3 Å². The number of fused-ring (bicyclic) bond motifs is 1. The minimum Gasteiger partial charge on any atom is -0.320 e. The quantitative estimate of drug-likeness (QED) is 0.650. The van der Waals surface area contributed by atoms with E-state index in [1.807, 2.05) is 36.4 Å². The molecule has 0 spiro atoms. The van der Waals surface area contributed by atoms with Crippen molar-refractivity contribution in [3.63, 3.8) is 0 Å². The smallest absolute Gasteiger partial charge is 0.255 e. The summed E-state index contributed by atoms with van der Waals surface area (Å²) in [6.07, 6.45) is 1.72. The van der Waals surface area contributed by atoms with E-state index < -0.39 is 0 Å². The van der Waals surface area contributed by atoms with Gasteiger partial charge in [0.15, 0.2) is 0 Å². The molecule has 104 valence electrons. The Morgan fingerprint density at radius 3 is 2.48 bits per heavy atom. The molecule has 0 aliphatic heterocycles. The summed E-state index contributed by atoms with van der Waals surface area (Å²) in [5, 5.41) is 3.90. The molecule has 1 heterocycles. The molecule has 1 aromatic heterocycles. The summed E-state index contributed by atoms with van der Waals surface area (Å²) in [7, 11) is 0. The van der Waals surface area contributed by atoms with Crippen LogP contribution in [0.4, 0.5) is 5.69 Å². The van der Waals surface area contributed by atoms with Crippen LogP contribution < -0.4 is 5.32 Å². The maximum absolute atomic E-state index is 12.4. The molecule has 21 heavy (non-hydrogen) atoms. The van der Waals surface area contributed by atoms with Crippen molar-refractivity contribution in [1.29, 1.82) is 0 Å². The molecule has 5 heteroatoms. The number of hydrogen-bond donors (Lipinski definition) is 1. The number of carbonyl (C=O) groups excluding carboxylic acids is 1. The molecule has 0 bridgehead atoms. The van der Waals surface area contributed by atoms with Gasteiger partial charge < -0.3 is 5.32 Å². The third-order valence-corrected chi connectivity index (χ3v) is 3.92. The van der Waals surface area contributed by atoms with Gasteiger partial charge in [-0.1, -0.05) is 50.1 Å². The average molecular weight is 406 g/mol. The third-order valence-electron chi connectivity index (χ3n) is 3.01. The first kappa shape index (κ1) is 14.2. The van der Waals surface area contributed by atoms with Gasteiger partial charge in [0.25, 0.3) is 5.91 Å². The fourth-order valence-electron chi connectivity index (χ4n) is 2.08. The maximum Gasteiger partial charge on any atom is 0.255 e. The molecular weight excluding hydrogens is 396 g/mol. The van der Waals surface area contributed by atoms with E-state index in [4.69, 9.17) is 0 Å². The molecule has 3 nitrogen and oxygen atoms in total. The van der Waals surface area contributed by atoms with E-state index in [1.165, 1.54) is 0 Å². The molecular formula is C16H10Br2N2O. The zero-order valence-electron chi connectivity index (χ0n) is 10.8. The number of nitrogens with one attached hydrogen (secondary N) is 1. The van der Waals surface area contributed by atoms with Crippen molar-refractivity contribution < 1.29 is 4.79 Å². The molecule has 0 aliphatic rings. The van der Waals surface area contributed by atoms with E-state index in [0.717, 1.165) is 19.8 Å². The minimum atomic E-state index is -0.171. The number of amides is 1. The van der Waals surface area contributed by atoms with Crippen molar-refractivity contribution in [3.8, 4) is 0 Å². The van der Waals surface area contributed by atoms with Crippen molar-refractivity contribution in [1.82, 2.24) is 4.98 Å². The Kier molecular flexibility index (Phi) is 4.03. The molecule has 0 saturated heterocycles. The number of halogens is 2. The second-order valence-electron chi connectivity index (χ2n) is 4.49. The van der Waals surface area contributed by atoms with Crippen molar-refractivity contribution in [2.75, 3.05) is 5.32 Å². The van der Waals surface area contributed by atoms with Crippen LogP contribution in [0.15, 0.2) is 63.7 Å². The van der Waals surface area contributed by atoms with Gasteiger partial charge in [-0.15, -0.1) is 0 Å². The van der Waals surface area contributed by atoms with E-state index in [9.17, 15) is 4.79 Å². The van der Waals surface area contributed by atoms with Crippen molar-refractivity contribution in [2.24, 2.45) is 0 Å².